The Labute approximate surface area is 171 Å². The number of hydrogen-bond donors (Lipinski definition) is 0. The van der Waals surface area contributed by atoms with Crippen LogP contribution in [0, 0.1) is 13.8 Å². The molecule has 0 fully saturated rings. The second-order valence-electron chi connectivity index (χ2n) is 6.91. The summed E-state index contributed by atoms with van der Waals surface area (Å²) in [4.78, 5) is 25.4. The van der Waals surface area contributed by atoms with Crippen molar-refractivity contribution in [1.82, 2.24) is 0 Å². The molecule has 0 unspecified atom stereocenters. The van der Waals surface area contributed by atoms with Crippen LogP contribution in [0.4, 0.5) is 0 Å². The lowest BCUT2D eigenvalue weighted by atomic mass is 9.99. The maximum Gasteiger partial charge on any atom is 0.343 e. The van der Waals surface area contributed by atoms with Gasteiger partial charge in [0.2, 0.25) is 0 Å². The second-order valence-corrected chi connectivity index (χ2v) is 6.91. The van der Waals surface area contributed by atoms with E-state index in [0.717, 1.165) is 23.1 Å². The Hall–Kier alpha value is -3.40. The first-order chi connectivity index (χ1) is 14.0. The van der Waals surface area contributed by atoms with E-state index in [-0.39, 0.29) is 5.75 Å². The molecule has 0 aliphatic carbocycles. The highest BCUT2D eigenvalue weighted by Crippen LogP contribution is 2.39. The van der Waals surface area contributed by atoms with Crippen LogP contribution >= 0.6 is 0 Å². The van der Waals surface area contributed by atoms with E-state index in [2.05, 4.69) is 6.92 Å². The van der Waals surface area contributed by atoms with Crippen LogP contribution in [0.1, 0.15) is 50.8 Å². The molecule has 0 heterocycles. The number of rotatable bonds is 6. The Morgan fingerprint density at radius 3 is 1.69 bits per heavy atom. The third-order valence-electron chi connectivity index (χ3n) is 4.66. The maximum atomic E-state index is 12.7. The third kappa shape index (κ3) is 4.72. The number of carbonyl (C=O) groups is 2. The zero-order chi connectivity index (χ0) is 20.8. The van der Waals surface area contributed by atoms with E-state index in [1.54, 1.807) is 48.5 Å². The molecule has 29 heavy (non-hydrogen) atoms. The van der Waals surface area contributed by atoms with Crippen LogP contribution in [0.25, 0.3) is 0 Å². The van der Waals surface area contributed by atoms with E-state index >= 15 is 0 Å². The standard InChI is InChI=1S/C25H24O4/c1-4-11-21-17(2)16-18(3)22(28-24(26)19-12-7-5-8-13-19)23(21)29-25(27)20-14-9-6-10-15-20/h5-10,12-16H,4,11H2,1-3H3. The van der Waals surface area contributed by atoms with Gasteiger partial charge in [0.1, 0.15) is 0 Å². The molecule has 0 spiro atoms. The smallest absolute Gasteiger partial charge is 0.343 e. The van der Waals surface area contributed by atoms with Crippen LogP contribution in [0.15, 0.2) is 66.7 Å². The monoisotopic (exact) mass is 388 g/mol. The van der Waals surface area contributed by atoms with Crippen molar-refractivity contribution in [2.75, 3.05) is 0 Å². The quantitative estimate of drug-likeness (QED) is 0.402. The molecule has 4 heteroatoms. The predicted molar refractivity (Wildman–Crippen MR) is 113 cm³/mol. The molecule has 0 aromatic heterocycles. The normalized spacial score (nSPS) is 10.4. The van der Waals surface area contributed by atoms with Gasteiger partial charge in [0.05, 0.1) is 11.1 Å². The summed E-state index contributed by atoms with van der Waals surface area (Å²) in [7, 11) is 0. The van der Waals surface area contributed by atoms with Crippen LogP contribution in [0.5, 0.6) is 11.5 Å². The minimum Gasteiger partial charge on any atom is -0.419 e. The number of benzene rings is 3. The van der Waals surface area contributed by atoms with Gasteiger partial charge in [0.25, 0.3) is 0 Å². The van der Waals surface area contributed by atoms with Crippen molar-refractivity contribution in [1.29, 1.82) is 0 Å². The summed E-state index contributed by atoms with van der Waals surface area (Å²) in [6.45, 7) is 5.87. The summed E-state index contributed by atoms with van der Waals surface area (Å²) in [6, 6.07) is 19.5. The number of ether oxygens (including phenoxy) is 2. The molecule has 148 valence electrons. The molecule has 0 saturated carbocycles. The molecule has 3 aromatic carbocycles. The third-order valence-corrected chi connectivity index (χ3v) is 4.66. The lowest BCUT2D eigenvalue weighted by molar-refractivity contribution is 0.0680. The van der Waals surface area contributed by atoms with E-state index < -0.39 is 11.9 Å². The van der Waals surface area contributed by atoms with E-state index in [1.165, 1.54) is 0 Å². The highest BCUT2D eigenvalue weighted by molar-refractivity contribution is 5.93. The molecule has 3 rings (SSSR count). The van der Waals surface area contributed by atoms with Gasteiger partial charge in [-0.15, -0.1) is 0 Å². The Bertz CT molecular complexity index is 1010. The summed E-state index contributed by atoms with van der Waals surface area (Å²) in [5, 5.41) is 0. The highest BCUT2D eigenvalue weighted by Gasteiger charge is 2.23. The molecule has 0 bridgehead atoms. The minimum absolute atomic E-state index is 0.289. The summed E-state index contributed by atoms with van der Waals surface area (Å²) in [5.41, 5.74) is 3.49. The molecular weight excluding hydrogens is 364 g/mol. The van der Waals surface area contributed by atoms with E-state index in [0.29, 0.717) is 23.3 Å². The predicted octanol–water partition coefficient (Wildman–Crippen LogP) is 5.69. The van der Waals surface area contributed by atoms with Gasteiger partial charge in [0.15, 0.2) is 11.5 Å². The van der Waals surface area contributed by atoms with Crippen molar-refractivity contribution in [2.24, 2.45) is 0 Å². The average molecular weight is 388 g/mol. The summed E-state index contributed by atoms with van der Waals surface area (Å²) in [5.74, 6) is -0.360. The lowest BCUT2D eigenvalue weighted by Crippen LogP contribution is -2.15. The van der Waals surface area contributed by atoms with E-state index in [1.807, 2.05) is 32.0 Å². The fourth-order valence-corrected chi connectivity index (χ4v) is 3.22. The molecule has 0 amide bonds. The average Bonchev–Trinajstić information content (AvgIpc) is 2.74. The Balaban J connectivity index is 2.03. The molecular formula is C25H24O4. The zero-order valence-electron chi connectivity index (χ0n) is 16.9. The largest absolute Gasteiger partial charge is 0.419 e. The van der Waals surface area contributed by atoms with Crippen molar-refractivity contribution < 1.29 is 19.1 Å². The van der Waals surface area contributed by atoms with E-state index in [4.69, 9.17) is 9.47 Å². The van der Waals surface area contributed by atoms with Crippen molar-refractivity contribution in [3.8, 4) is 11.5 Å². The van der Waals surface area contributed by atoms with Crippen LogP contribution in [0.3, 0.4) is 0 Å². The first-order valence-electron chi connectivity index (χ1n) is 9.68. The number of carbonyl (C=O) groups excluding carboxylic acids is 2. The molecule has 0 aliphatic rings. The topological polar surface area (TPSA) is 52.6 Å². The minimum atomic E-state index is -0.489. The molecule has 4 nitrogen and oxygen atoms in total. The van der Waals surface area contributed by atoms with Gasteiger partial charge in [-0.3, -0.25) is 0 Å². The Kier molecular flexibility index (Phi) is 6.45. The molecule has 3 aromatic rings. The molecule has 0 aliphatic heterocycles. The van der Waals surface area contributed by atoms with E-state index in [9.17, 15) is 9.59 Å². The fourth-order valence-electron chi connectivity index (χ4n) is 3.22. The van der Waals surface area contributed by atoms with Crippen molar-refractivity contribution in [3.05, 3.63) is 94.5 Å². The van der Waals surface area contributed by atoms with Gasteiger partial charge < -0.3 is 9.47 Å². The summed E-state index contributed by atoms with van der Waals surface area (Å²) < 4.78 is 11.5. The Morgan fingerprint density at radius 2 is 1.21 bits per heavy atom. The number of hydrogen-bond acceptors (Lipinski definition) is 4. The SMILES string of the molecule is CCCc1c(C)cc(C)c(OC(=O)c2ccccc2)c1OC(=O)c1ccccc1. The number of esters is 2. The molecule has 0 radical (unpaired) electrons. The van der Waals surface area contributed by atoms with Crippen LogP contribution in [-0.4, -0.2) is 11.9 Å². The van der Waals surface area contributed by atoms with Crippen LogP contribution < -0.4 is 9.47 Å². The van der Waals surface area contributed by atoms with Crippen molar-refractivity contribution in [3.63, 3.8) is 0 Å². The van der Waals surface area contributed by atoms with Gasteiger partial charge in [-0.25, -0.2) is 9.59 Å². The van der Waals surface area contributed by atoms with Gasteiger partial charge in [0, 0.05) is 5.56 Å². The second kappa shape index (κ2) is 9.20. The lowest BCUT2D eigenvalue weighted by Gasteiger charge is -2.19. The first kappa shape index (κ1) is 20.3. The van der Waals surface area contributed by atoms with Gasteiger partial charge >= 0.3 is 11.9 Å². The maximum absolute atomic E-state index is 12.7. The molecule has 0 saturated heterocycles. The highest BCUT2D eigenvalue weighted by atomic mass is 16.6. The van der Waals surface area contributed by atoms with Crippen LogP contribution in [0.2, 0.25) is 0 Å². The van der Waals surface area contributed by atoms with Crippen molar-refractivity contribution in [2.45, 2.75) is 33.6 Å². The molecule has 0 N–H and O–H groups in total. The Morgan fingerprint density at radius 1 is 0.724 bits per heavy atom. The number of aryl methyl sites for hydroxylation is 2. The summed E-state index contributed by atoms with van der Waals surface area (Å²) >= 11 is 0. The molecule has 0 atom stereocenters. The van der Waals surface area contributed by atoms with Crippen molar-refractivity contribution >= 4 is 11.9 Å². The van der Waals surface area contributed by atoms with Gasteiger partial charge in [-0.05, 0) is 55.7 Å². The first-order valence-corrected chi connectivity index (χ1v) is 9.68. The van der Waals surface area contributed by atoms with Gasteiger partial charge in [-0.1, -0.05) is 55.8 Å². The van der Waals surface area contributed by atoms with Crippen LogP contribution in [-0.2, 0) is 6.42 Å². The fraction of sp³-hybridized carbons (Fsp3) is 0.200. The zero-order valence-corrected chi connectivity index (χ0v) is 16.9. The van der Waals surface area contributed by atoms with Gasteiger partial charge in [-0.2, -0.15) is 0 Å². The summed E-state index contributed by atoms with van der Waals surface area (Å²) in [6.07, 6.45) is 1.57.